The molecule has 0 aliphatic rings. The lowest BCUT2D eigenvalue weighted by atomic mass is 10.1. The summed E-state index contributed by atoms with van der Waals surface area (Å²) < 4.78 is 23.1. The van der Waals surface area contributed by atoms with Gasteiger partial charge in [-0.2, -0.15) is 0 Å². The Morgan fingerprint density at radius 1 is 1.12 bits per heavy atom. The van der Waals surface area contributed by atoms with Gasteiger partial charge in [0, 0.05) is 5.39 Å². The van der Waals surface area contributed by atoms with Gasteiger partial charge in [-0.05, 0) is 17.7 Å². The van der Waals surface area contributed by atoms with Crippen LogP contribution in [-0.2, 0) is 21.2 Å². The minimum atomic E-state index is -3.94. The summed E-state index contributed by atoms with van der Waals surface area (Å²) in [5, 5.41) is 23.0. The number of aromatic amines is 1. The van der Waals surface area contributed by atoms with Crippen LogP contribution in [-0.4, -0.2) is 24.4 Å². The van der Waals surface area contributed by atoms with Gasteiger partial charge in [0.1, 0.15) is 0 Å². The van der Waals surface area contributed by atoms with Gasteiger partial charge in [-0.1, -0.05) is 36.4 Å². The third-order valence-corrected chi connectivity index (χ3v) is 4.55. The Bertz CT molecular complexity index is 1090. The number of nitrogens with two attached hydrogens (primary N) is 1. The largest absolute Gasteiger partial charge is 0.493 e. The Labute approximate surface area is 143 Å². The predicted octanol–water partition coefficient (Wildman–Crippen LogP) is 2.37. The zero-order valence-corrected chi connectivity index (χ0v) is 13.7. The number of sulfonamides is 1. The number of benzene rings is 2. The van der Waals surface area contributed by atoms with Crippen molar-refractivity contribution >= 4 is 32.5 Å². The van der Waals surface area contributed by atoms with Crippen LogP contribution in [0.3, 0.4) is 0 Å². The molecule has 1 amide bonds. The number of rotatable bonds is 4. The molecule has 4 N–H and O–H groups in total. The minimum absolute atomic E-state index is 0.131. The highest BCUT2D eigenvalue weighted by molar-refractivity contribution is 7.89. The number of fused-ring (bicyclic) bond motifs is 1. The number of nitrogens with zero attached hydrogens (tertiary/aromatic N) is 2. The van der Waals surface area contributed by atoms with Gasteiger partial charge in [0.25, 0.3) is 5.91 Å². The Kier molecular flexibility index (Phi) is 4.34. The maximum Gasteiger partial charge on any atom is 0.269 e. The van der Waals surface area contributed by atoms with Crippen molar-refractivity contribution in [1.82, 2.24) is 4.98 Å². The van der Waals surface area contributed by atoms with E-state index in [9.17, 15) is 18.3 Å². The summed E-state index contributed by atoms with van der Waals surface area (Å²) in [5.74, 6) is -0.872. The molecule has 8 nitrogen and oxygen atoms in total. The summed E-state index contributed by atoms with van der Waals surface area (Å²) in [5.41, 5.74) is 1.03. The van der Waals surface area contributed by atoms with Gasteiger partial charge in [0.2, 0.25) is 15.9 Å². The van der Waals surface area contributed by atoms with Crippen LogP contribution in [0.4, 0.5) is 5.69 Å². The number of para-hydroxylation sites is 1. The van der Waals surface area contributed by atoms with Crippen LogP contribution in [0.15, 0.2) is 63.7 Å². The highest BCUT2D eigenvalue weighted by Gasteiger charge is 2.16. The monoisotopic (exact) mass is 358 g/mol. The van der Waals surface area contributed by atoms with Crippen LogP contribution in [0.5, 0.6) is 5.88 Å². The lowest BCUT2D eigenvalue weighted by molar-refractivity contribution is -0.117. The van der Waals surface area contributed by atoms with E-state index in [0.717, 1.165) is 0 Å². The smallest absolute Gasteiger partial charge is 0.269 e. The number of nitrogens with one attached hydrogen (secondary N) is 1. The van der Waals surface area contributed by atoms with E-state index in [1.165, 1.54) is 18.2 Å². The van der Waals surface area contributed by atoms with E-state index in [-0.39, 0.29) is 28.4 Å². The molecule has 0 fully saturated rings. The Balaban J connectivity index is 1.86. The molecule has 0 spiro atoms. The summed E-state index contributed by atoms with van der Waals surface area (Å²) in [7, 11) is -3.94. The van der Waals surface area contributed by atoms with E-state index in [2.05, 4.69) is 15.2 Å². The minimum Gasteiger partial charge on any atom is -0.493 e. The first-order valence-electron chi connectivity index (χ1n) is 7.21. The Hall–Kier alpha value is -3.04. The van der Waals surface area contributed by atoms with Crippen LogP contribution in [0.25, 0.3) is 10.9 Å². The average molecular weight is 358 g/mol. The van der Waals surface area contributed by atoms with Crippen molar-refractivity contribution in [1.29, 1.82) is 0 Å². The predicted molar refractivity (Wildman–Crippen MR) is 91.0 cm³/mol. The number of H-pyrrole nitrogens is 1. The summed E-state index contributed by atoms with van der Waals surface area (Å²) in [6.07, 6.45) is -0.279. The number of azo groups is 1. The number of hydrogen-bond acceptors (Lipinski definition) is 5. The number of aromatic nitrogens is 1. The van der Waals surface area contributed by atoms with E-state index in [4.69, 9.17) is 5.14 Å². The molecule has 3 rings (SSSR count). The van der Waals surface area contributed by atoms with Gasteiger partial charge in [0.15, 0.2) is 5.69 Å². The molecule has 25 heavy (non-hydrogen) atoms. The first-order valence-corrected chi connectivity index (χ1v) is 8.76. The molecule has 0 aliphatic carbocycles. The summed E-state index contributed by atoms with van der Waals surface area (Å²) in [6.45, 7) is 0. The fourth-order valence-electron chi connectivity index (χ4n) is 2.45. The van der Waals surface area contributed by atoms with Gasteiger partial charge in [-0.15, -0.1) is 10.2 Å². The van der Waals surface area contributed by atoms with Crippen molar-refractivity contribution in [2.75, 3.05) is 0 Å². The molecule has 1 aromatic heterocycles. The highest BCUT2D eigenvalue weighted by atomic mass is 32.2. The molecule has 0 saturated carbocycles. The van der Waals surface area contributed by atoms with Crippen molar-refractivity contribution in [3.05, 3.63) is 54.1 Å². The normalized spacial score (nSPS) is 12.0. The second-order valence-electron chi connectivity index (χ2n) is 5.29. The van der Waals surface area contributed by atoms with Crippen molar-refractivity contribution < 1.29 is 18.3 Å². The molecule has 0 saturated heterocycles. The van der Waals surface area contributed by atoms with Crippen LogP contribution in [0.1, 0.15) is 5.56 Å². The summed E-state index contributed by atoms with van der Waals surface area (Å²) >= 11 is 0. The third-order valence-electron chi connectivity index (χ3n) is 3.54. The van der Waals surface area contributed by atoms with Crippen LogP contribution < -0.4 is 5.14 Å². The average Bonchev–Trinajstić information content (AvgIpc) is 2.87. The molecule has 9 heteroatoms. The molecule has 2 aromatic carbocycles. The van der Waals surface area contributed by atoms with Gasteiger partial charge < -0.3 is 10.1 Å². The van der Waals surface area contributed by atoms with E-state index < -0.39 is 15.9 Å². The molecular weight excluding hydrogens is 344 g/mol. The molecule has 128 valence electrons. The van der Waals surface area contributed by atoms with Gasteiger partial charge in [0.05, 0.1) is 16.8 Å². The topological polar surface area (TPSA) is 138 Å². The lowest BCUT2D eigenvalue weighted by Gasteiger charge is -2.04. The van der Waals surface area contributed by atoms with Gasteiger partial charge in [-0.3, -0.25) is 4.79 Å². The fraction of sp³-hybridized carbons (Fsp3) is 0.0625. The van der Waals surface area contributed by atoms with Gasteiger partial charge in [-0.25, -0.2) is 13.6 Å². The fourth-order valence-corrected chi connectivity index (χ4v) is 3.22. The number of hydrogen-bond donors (Lipinski definition) is 3. The standard InChI is InChI=1S/C16H14N4O4S/c17-25(23,24)13-8-4-1-5-10(13)9-14(21)19-20-15-11-6-2-3-7-12(11)18-16(15)22/h1-8,18,22H,9H2,(H2,17,23,24). The molecule has 0 radical (unpaired) electrons. The van der Waals surface area contributed by atoms with E-state index in [1.807, 2.05) is 0 Å². The van der Waals surface area contributed by atoms with Crippen LogP contribution in [0.2, 0.25) is 0 Å². The van der Waals surface area contributed by atoms with E-state index in [1.54, 1.807) is 30.3 Å². The third kappa shape index (κ3) is 3.57. The quantitative estimate of drug-likeness (QED) is 0.616. The number of amides is 1. The maximum absolute atomic E-state index is 12.0. The van der Waals surface area contributed by atoms with E-state index in [0.29, 0.717) is 10.9 Å². The zero-order chi connectivity index (χ0) is 18.0. The number of carbonyl (C=O) groups excluding carboxylic acids is 1. The molecule has 3 aromatic rings. The number of carbonyl (C=O) groups is 1. The van der Waals surface area contributed by atoms with Crippen molar-refractivity contribution in [2.24, 2.45) is 15.4 Å². The summed E-state index contributed by atoms with van der Waals surface area (Å²) in [6, 6.07) is 12.9. The second kappa shape index (κ2) is 6.46. The van der Waals surface area contributed by atoms with Crippen molar-refractivity contribution in [2.45, 2.75) is 11.3 Å². The maximum atomic E-state index is 12.0. The SMILES string of the molecule is NS(=O)(=O)c1ccccc1CC(=O)N=Nc1c(O)[nH]c2ccccc12. The van der Waals surface area contributed by atoms with Crippen molar-refractivity contribution in [3.63, 3.8) is 0 Å². The van der Waals surface area contributed by atoms with Crippen LogP contribution in [0, 0.1) is 0 Å². The highest BCUT2D eigenvalue weighted by Crippen LogP contribution is 2.35. The molecule has 0 bridgehead atoms. The van der Waals surface area contributed by atoms with E-state index >= 15 is 0 Å². The molecule has 0 unspecified atom stereocenters. The Morgan fingerprint density at radius 2 is 1.80 bits per heavy atom. The summed E-state index contributed by atoms with van der Waals surface area (Å²) in [4.78, 5) is 14.6. The second-order valence-corrected chi connectivity index (χ2v) is 6.82. The van der Waals surface area contributed by atoms with Gasteiger partial charge >= 0.3 is 0 Å². The first kappa shape index (κ1) is 16.8. The lowest BCUT2D eigenvalue weighted by Crippen LogP contribution is -2.15. The molecule has 0 aliphatic heterocycles. The van der Waals surface area contributed by atoms with Crippen LogP contribution >= 0.6 is 0 Å². The van der Waals surface area contributed by atoms with Crippen molar-refractivity contribution in [3.8, 4) is 5.88 Å². The Morgan fingerprint density at radius 3 is 2.56 bits per heavy atom. The molecule has 1 heterocycles. The zero-order valence-electron chi connectivity index (χ0n) is 12.9. The first-order chi connectivity index (χ1) is 11.9. The molecule has 0 atom stereocenters. The molecular formula is C16H14N4O4S. The number of aromatic hydroxyl groups is 1. The number of primary sulfonamides is 1.